The highest BCUT2D eigenvalue weighted by atomic mass is 32.2. The first kappa shape index (κ1) is 17.1. The van der Waals surface area contributed by atoms with Crippen LogP contribution in [0.2, 0.25) is 0 Å². The summed E-state index contributed by atoms with van der Waals surface area (Å²) in [6.07, 6.45) is 2.03. The summed E-state index contributed by atoms with van der Waals surface area (Å²) in [4.78, 5) is 0.746. The van der Waals surface area contributed by atoms with Crippen molar-refractivity contribution in [1.29, 1.82) is 0 Å². The number of aryl methyl sites for hydroxylation is 1. The van der Waals surface area contributed by atoms with Crippen LogP contribution in [0.1, 0.15) is 23.7 Å². The van der Waals surface area contributed by atoms with Gasteiger partial charge in [-0.3, -0.25) is 4.21 Å². The minimum absolute atomic E-state index is 0.0198. The van der Waals surface area contributed by atoms with Gasteiger partial charge in [0.25, 0.3) is 0 Å². The Kier molecular flexibility index (Phi) is 4.23. The van der Waals surface area contributed by atoms with Crippen LogP contribution in [-0.2, 0) is 17.2 Å². The minimum atomic E-state index is -1.21. The van der Waals surface area contributed by atoms with Crippen LogP contribution in [-0.4, -0.2) is 10.5 Å². The van der Waals surface area contributed by atoms with Gasteiger partial charge in [0.15, 0.2) is 11.6 Å². The highest BCUT2D eigenvalue weighted by Crippen LogP contribution is 2.40. The topological polar surface area (TPSA) is 26.3 Å². The largest absolute Gasteiger partial charge is 0.485 e. The molecule has 2 atom stereocenters. The van der Waals surface area contributed by atoms with Gasteiger partial charge in [-0.25, -0.2) is 13.2 Å². The van der Waals surface area contributed by atoms with Gasteiger partial charge in [0, 0.05) is 39.1 Å². The summed E-state index contributed by atoms with van der Waals surface area (Å²) in [6.45, 7) is 0. The van der Waals surface area contributed by atoms with Crippen LogP contribution in [0.15, 0.2) is 47.4 Å². The quantitative estimate of drug-likeness (QED) is 0.585. The van der Waals surface area contributed by atoms with E-state index >= 15 is 0 Å². The van der Waals surface area contributed by atoms with Gasteiger partial charge in [0.1, 0.15) is 17.7 Å². The van der Waals surface area contributed by atoms with E-state index in [9.17, 15) is 17.4 Å². The van der Waals surface area contributed by atoms with Gasteiger partial charge < -0.3 is 4.74 Å². The van der Waals surface area contributed by atoms with Crippen LogP contribution in [0.4, 0.5) is 13.2 Å². The van der Waals surface area contributed by atoms with Crippen LogP contribution >= 0.6 is 0 Å². The van der Waals surface area contributed by atoms with Crippen LogP contribution in [0.25, 0.3) is 10.8 Å². The lowest BCUT2D eigenvalue weighted by atomic mass is 9.93. The third-order valence-corrected chi connectivity index (χ3v) is 5.62. The predicted molar refractivity (Wildman–Crippen MR) is 94.3 cm³/mol. The molecule has 1 aliphatic heterocycles. The molecule has 0 saturated heterocycles. The van der Waals surface area contributed by atoms with E-state index in [-0.39, 0.29) is 5.56 Å². The summed E-state index contributed by atoms with van der Waals surface area (Å²) >= 11 is 0. The molecule has 4 rings (SSSR count). The first-order valence-electron chi connectivity index (χ1n) is 8.14. The second kappa shape index (κ2) is 6.43. The molecule has 1 aliphatic rings. The molecule has 0 saturated carbocycles. The molecule has 2 nitrogen and oxygen atoms in total. The summed E-state index contributed by atoms with van der Waals surface area (Å²) in [5.41, 5.74) is 1.00. The third kappa shape index (κ3) is 2.88. The molecule has 0 radical (unpaired) electrons. The van der Waals surface area contributed by atoms with Gasteiger partial charge in [-0.1, -0.05) is 12.1 Å². The smallest absolute Gasteiger partial charge is 0.161 e. The number of halogens is 3. The van der Waals surface area contributed by atoms with Gasteiger partial charge in [-0.05, 0) is 47.9 Å². The van der Waals surface area contributed by atoms with Gasteiger partial charge in [0.2, 0.25) is 0 Å². The summed E-state index contributed by atoms with van der Waals surface area (Å²) in [5, 5.41) is 1.94. The molecule has 0 aromatic heterocycles. The van der Waals surface area contributed by atoms with Gasteiger partial charge in [-0.15, -0.1) is 0 Å². The Morgan fingerprint density at radius 2 is 1.77 bits per heavy atom. The number of hydrogen-bond donors (Lipinski definition) is 0. The Balaban J connectivity index is 1.73. The van der Waals surface area contributed by atoms with Crippen molar-refractivity contribution in [2.45, 2.75) is 23.8 Å². The number of benzene rings is 3. The van der Waals surface area contributed by atoms with Crippen LogP contribution < -0.4 is 4.74 Å². The zero-order valence-corrected chi connectivity index (χ0v) is 14.7. The molecule has 2 unspecified atom stereocenters. The highest BCUT2D eigenvalue weighted by molar-refractivity contribution is 7.84. The molecular weight excluding hydrogens is 361 g/mol. The molecule has 3 aromatic carbocycles. The predicted octanol–water partition coefficient (Wildman–Crippen LogP) is 5.06. The van der Waals surface area contributed by atoms with Gasteiger partial charge in [-0.2, -0.15) is 0 Å². The fourth-order valence-corrected chi connectivity index (χ4v) is 3.94. The van der Waals surface area contributed by atoms with E-state index in [4.69, 9.17) is 4.74 Å². The number of rotatable bonds is 2. The van der Waals surface area contributed by atoms with E-state index in [1.807, 2.05) is 24.3 Å². The van der Waals surface area contributed by atoms with Gasteiger partial charge >= 0.3 is 0 Å². The van der Waals surface area contributed by atoms with Crippen molar-refractivity contribution in [3.05, 3.63) is 71.0 Å². The molecule has 0 aliphatic carbocycles. The summed E-state index contributed by atoms with van der Waals surface area (Å²) < 4.78 is 58.2. The van der Waals surface area contributed by atoms with Crippen molar-refractivity contribution < 1.29 is 22.1 Å². The standard InChI is InChI=1S/C20H15F3O2S/c1-26(24)12-3-4-13-11(8-12)2-6-19-14(13)5-7-20(25-19)15-9-17(22)18(23)10-16(15)21/h2-4,6,8-10,20H,5,7H2,1H3. The monoisotopic (exact) mass is 376 g/mol. The van der Waals surface area contributed by atoms with Crippen LogP contribution in [0.5, 0.6) is 5.75 Å². The molecule has 0 spiro atoms. The second-order valence-electron chi connectivity index (χ2n) is 6.31. The molecule has 0 N–H and O–H groups in total. The molecule has 0 bridgehead atoms. The lowest BCUT2D eigenvalue weighted by Gasteiger charge is -2.27. The van der Waals surface area contributed by atoms with Crippen LogP contribution in [0.3, 0.4) is 0 Å². The fourth-order valence-electron chi connectivity index (χ4n) is 3.39. The van der Waals surface area contributed by atoms with E-state index in [0.717, 1.165) is 27.3 Å². The van der Waals surface area contributed by atoms with Gasteiger partial charge in [0.05, 0.1) is 0 Å². The molecule has 6 heteroatoms. The van der Waals surface area contributed by atoms with E-state index in [2.05, 4.69) is 0 Å². The van der Waals surface area contributed by atoms with Crippen molar-refractivity contribution >= 4 is 21.6 Å². The highest BCUT2D eigenvalue weighted by Gasteiger charge is 2.26. The lowest BCUT2D eigenvalue weighted by Crippen LogP contribution is -2.17. The van der Waals surface area contributed by atoms with E-state index in [1.54, 1.807) is 12.3 Å². The van der Waals surface area contributed by atoms with Crippen molar-refractivity contribution in [1.82, 2.24) is 0 Å². The zero-order chi connectivity index (χ0) is 18.4. The zero-order valence-electron chi connectivity index (χ0n) is 13.9. The summed E-state index contributed by atoms with van der Waals surface area (Å²) in [5.74, 6) is -2.51. The molecule has 1 heterocycles. The average Bonchev–Trinajstić information content (AvgIpc) is 2.63. The maximum Gasteiger partial charge on any atom is 0.161 e. The Morgan fingerprint density at radius 1 is 1.00 bits per heavy atom. The summed E-state index contributed by atoms with van der Waals surface area (Å²) in [7, 11) is -1.06. The van der Waals surface area contributed by atoms with E-state index in [1.165, 1.54) is 0 Å². The Labute approximate surface area is 151 Å². The van der Waals surface area contributed by atoms with Crippen molar-refractivity contribution in [2.24, 2.45) is 0 Å². The van der Waals surface area contributed by atoms with E-state index in [0.29, 0.717) is 24.7 Å². The van der Waals surface area contributed by atoms with Crippen molar-refractivity contribution in [3.8, 4) is 5.75 Å². The third-order valence-electron chi connectivity index (χ3n) is 4.70. The SMILES string of the molecule is CS(=O)c1ccc2c3c(ccc2c1)OC(c1cc(F)c(F)cc1F)CC3. The van der Waals surface area contributed by atoms with Crippen molar-refractivity contribution in [3.63, 3.8) is 0 Å². The molecule has 3 aromatic rings. The number of hydrogen-bond acceptors (Lipinski definition) is 2. The lowest BCUT2D eigenvalue weighted by molar-refractivity contribution is 0.172. The maximum atomic E-state index is 14.0. The van der Waals surface area contributed by atoms with Crippen LogP contribution in [0, 0.1) is 17.5 Å². The molecule has 134 valence electrons. The fraction of sp³-hybridized carbons (Fsp3) is 0.200. The normalized spacial score (nSPS) is 17.6. The second-order valence-corrected chi connectivity index (χ2v) is 7.69. The first-order chi connectivity index (χ1) is 12.4. The average molecular weight is 376 g/mol. The van der Waals surface area contributed by atoms with Crippen molar-refractivity contribution in [2.75, 3.05) is 6.26 Å². The molecular formula is C20H15F3O2S. The maximum absolute atomic E-state index is 14.0. The Hall–Kier alpha value is -2.34. The summed E-state index contributed by atoms with van der Waals surface area (Å²) in [6, 6.07) is 10.7. The number of ether oxygens (including phenoxy) is 1. The van der Waals surface area contributed by atoms with E-state index < -0.39 is 34.4 Å². The molecule has 0 fully saturated rings. The first-order valence-corrected chi connectivity index (χ1v) is 9.70. The molecule has 0 amide bonds. The number of fused-ring (bicyclic) bond motifs is 3. The Bertz CT molecular complexity index is 1050. The molecule has 26 heavy (non-hydrogen) atoms. The minimum Gasteiger partial charge on any atom is -0.485 e. The Morgan fingerprint density at radius 3 is 2.54 bits per heavy atom.